The van der Waals surface area contributed by atoms with E-state index in [0.29, 0.717) is 29.3 Å². The smallest absolute Gasteiger partial charge is 0.254 e. The van der Waals surface area contributed by atoms with E-state index in [0.717, 1.165) is 31.2 Å². The molecule has 1 aromatic carbocycles. The van der Waals surface area contributed by atoms with E-state index < -0.39 is 0 Å². The van der Waals surface area contributed by atoms with Crippen molar-refractivity contribution in [1.29, 1.82) is 0 Å². The van der Waals surface area contributed by atoms with Gasteiger partial charge in [-0.25, -0.2) is 0 Å². The molecule has 7 nitrogen and oxygen atoms in total. The lowest BCUT2D eigenvalue weighted by atomic mass is 9.74. The van der Waals surface area contributed by atoms with E-state index in [-0.39, 0.29) is 5.91 Å². The lowest BCUT2D eigenvalue weighted by Gasteiger charge is -2.55. The van der Waals surface area contributed by atoms with Crippen molar-refractivity contribution < 1.29 is 4.79 Å². The molecule has 3 saturated heterocycles. The quantitative estimate of drug-likeness (QED) is 0.863. The zero-order chi connectivity index (χ0) is 19.8. The minimum Gasteiger partial charge on any atom is -0.338 e. The Hall–Kier alpha value is -2.28. The molecule has 2 bridgehead atoms. The summed E-state index contributed by atoms with van der Waals surface area (Å²) < 4.78 is 0. The summed E-state index contributed by atoms with van der Waals surface area (Å²) in [4.78, 5) is 18.4. The molecule has 4 heterocycles. The summed E-state index contributed by atoms with van der Waals surface area (Å²) in [6, 6.07) is 9.04. The predicted octanol–water partition coefficient (Wildman–Crippen LogP) is 2.98. The molecule has 3 aliphatic rings. The summed E-state index contributed by atoms with van der Waals surface area (Å²) in [5, 5.41) is 14.3. The van der Waals surface area contributed by atoms with Gasteiger partial charge in [0.15, 0.2) is 0 Å². The van der Waals surface area contributed by atoms with Crippen LogP contribution in [0, 0.1) is 11.8 Å². The van der Waals surface area contributed by atoms with E-state index in [1.807, 2.05) is 24.3 Å². The number of likely N-dealkylation sites (tertiary alicyclic amines) is 1. The normalized spacial score (nSPS) is 29.5. The molecule has 0 saturated carbocycles. The number of piperidine rings is 3. The molecule has 154 valence electrons. The molecular weight excluding hydrogens is 364 g/mol. The molecule has 1 amide bonds. The molecule has 7 heteroatoms. The fraction of sp³-hybridized carbons (Fsp3) is 0.636. The second-order valence-corrected chi connectivity index (χ2v) is 8.99. The van der Waals surface area contributed by atoms with Gasteiger partial charge in [-0.2, -0.15) is 5.21 Å². The van der Waals surface area contributed by atoms with Crippen molar-refractivity contribution in [2.75, 3.05) is 19.6 Å². The molecule has 0 radical (unpaired) electrons. The molecule has 1 aromatic heterocycles. The first kappa shape index (κ1) is 18.7. The van der Waals surface area contributed by atoms with Gasteiger partial charge < -0.3 is 4.90 Å². The lowest BCUT2D eigenvalue weighted by molar-refractivity contribution is -0.0518. The van der Waals surface area contributed by atoms with Gasteiger partial charge in [0.1, 0.15) is 0 Å². The largest absolute Gasteiger partial charge is 0.338 e. The predicted molar refractivity (Wildman–Crippen MR) is 110 cm³/mol. The summed E-state index contributed by atoms with van der Waals surface area (Å²) in [5.41, 5.74) is 1.43. The summed E-state index contributed by atoms with van der Waals surface area (Å²) in [6.45, 7) is 5.19. The van der Waals surface area contributed by atoms with Gasteiger partial charge in [0, 0.05) is 37.3 Å². The molecule has 0 spiro atoms. The molecule has 4 atom stereocenters. The van der Waals surface area contributed by atoms with Crippen molar-refractivity contribution in [2.24, 2.45) is 11.8 Å². The van der Waals surface area contributed by atoms with Crippen LogP contribution < -0.4 is 0 Å². The number of aromatic amines is 1. The number of aromatic nitrogens is 4. The Morgan fingerprint density at radius 2 is 2.10 bits per heavy atom. The maximum atomic E-state index is 13.5. The summed E-state index contributed by atoms with van der Waals surface area (Å²) >= 11 is 0. The van der Waals surface area contributed by atoms with Crippen molar-refractivity contribution in [2.45, 2.75) is 57.5 Å². The average Bonchev–Trinajstić information content (AvgIpc) is 3.29. The first-order chi connectivity index (χ1) is 14.2. The first-order valence-corrected chi connectivity index (χ1v) is 11.1. The Balaban J connectivity index is 1.37. The molecule has 2 aromatic rings. The number of amides is 1. The Labute approximate surface area is 171 Å². The highest BCUT2D eigenvalue weighted by Crippen LogP contribution is 2.41. The van der Waals surface area contributed by atoms with E-state index in [4.69, 9.17) is 0 Å². The Kier molecular flexibility index (Phi) is 5.08. The number of carbonyl (C=O) groups is 1. The maximum Gasteiger partial charge on any atom is 0.254 e. The standard InChI is InChI=1S/C22H30N6O/c1-2-6-17-7-5-10-20-16-11-15(13-28(17)20)12-27(14-16)22(29)19-9-4-3-8-18(19)21-23-25-26-24-21/h3-4,8-9,15-17,20H,2,5-7,10-14H2,1H3,(H,23,24,25,26)/t15-,16+,17-,20-/m0/s1. The van der Waals surface area contributed by atoms with E-state index in [1.54, 1.807) is 0 Å². The summed E-state index contributed by atoms with van der Waals surface area (Å²) in [5.74, 6) is 1.77. The molecule has 3 fully saturated rings. The number of benzene rings is 1. The maximum absolute atomic E-state index is 13.5. The van der Waals surface area contributed by atoms with Crippen LogP contribution in [0.1, 0.15) is 55.8 Å². The number of H-pyrrole nitrogens is 1. The van der Waals surface area contributed by atoms with Gasteiger partial charge in [0.25, 0.3) is 5.91 Å². The van der Waals surface area contributed by atoms with Crippen LogP contribution in [-0.2, 0) is 0 Å². The van der Waals surface area contributed by atoms with Crippen molar-refractivity contribution >= 4 is 5.91 Å². The Morgan fingerprint density at radius 3 is 2.93 bits per heavy atom. The average molecular weight is 395 g/mol. The van der Waals surface area contributed by atoms with E-state index >= 15 is 0 Å². The van der Waals surface area contributed by atoms with Crippen molar-refractivity contribution in [1.82, 2.24) is 30.4 Å². The molecular formula is C22H30N6O. The van der Waals surface area contributed by atoms with Gasteiger partial charge in [0.2, 0.25) is 5.82 Å². The highest BCUT2D eigenvalue weighted by atomic mass is 16.2. The first-order valence-electron chi connectivity index (χ1n) is 11.1. The second kappa shape index (κ2) is 7.86. The van der Waals surface area contributed by atoms with Crippen molar-refractivity contribution in [3.05, 3.63) is 29.8 Å². The van der Waals surface area contributed by atoms with Crippen LogP contribution in [0.3, 0.4) is 0 Å². The molecule has 0 unspecified atom stereocenters. The van der Waals surface area contributed by atoms with Crippen LogP contribution in [0.4, 0.5) is 0 Å². The number of hydrogen-bond donors (Lipinski definition) is 1. The fourth-order valence-corrected chi connectivity index (χ4v) is 6.03. The van der Waals surface area contributed by atoms with Gasteiger partial charge in [0.05, 0.1) is 5.56 Å². The number of rotatable bonds is 4. The van der Waals surface area contributed by atoms with Gasteiger partial charge in [-0.05, 0) is 48.8 Å². The summed E-state index contributed by atoms with van der Waals surface area (Å²) in [7, 11) is 0. The van der Waals surface area contributed by atoms with E-state index in [1.165, 1.54) is 38.5 Å². The molecule has 0 aliphatic carbocycles. The van der Waals surface area contributed by atoms with Gasteiger partial charge in [-0.15, -0.1) is 10.2 Å². The third kappa shape index (κ3) is 3.45. The number of nitrogens with one attached hydrogen (secondary N) is 1. The fourth-order valence-electron chi connectivity index (χ4n) is 6.03. The number of tetrazole rings is 1. The van der Waals surface area contributed by atoms with Crippen LogP contribution in [0.2, 0.25) is 0 Å². The number of fused-ring (bicyclic) bond motifs is 4. The monoisotopic (exact) mass is 394 g/mol. The van der Waals surface area contributed by atoms with E-state index in [9.17, 15) is 4.79 Å². The minimum atomic E-state index is 0.106. The topological polar surface area (TPSA) is 78.0 Å². The second-order valence-electron chi connectivity index (χ2n) is 8.99. The summed E-state index contributed by atoms with van der Waals surface area (Å²) in [6.07, 6.45) is 7.83. The highest BCUT2D eigenvalue weighted by molar-refractivity contribution is 6.00. The van der Waals surface area contributed by atoms with Crippen LogP contribution >= 0.6 is 0 Å². The van der Waals surface area contributed by atoms with Gasteiger partial charge in [-0.3, -0.25) is 9.69 Å². The third-order valence-electron chi connectivity index (χ3n) is 7.17. The van der Waals surface area contributed by atoms with Gasteiger partial charge >= 0.3 is 0 Å². The third-order valence-corrected chi connectivity index (χ3v) is 7.17. The lowest BCUT2D eigenvalue weighted by Crippen LogP contribution is -2.62. The van der Waals surface area contributed by atoms with Crippen LogP contribution in [0.15, 0.2) is 24.3 Å². The van der Waals surface area contributed by atoms with Crippen molar-refractivity contribution in [3.63, 3.8) is 0 Å². The van der Waals surface area contributed by atoms with Crippen LogP contribution in [0.5, 0.6) is 0 Å². The van der Waals surface area contributed by atoms with E-state index in [2.05, 4.69) is 37.3 Å². The van der Waals surface area contributed by atoms with Crippen LogP contribution in [0.25, 0.3) is 11.4 Å². The Morgan fingerprint density at radius 1 is 1.21 bits per heavy atom. The van der Waals surface area contributed by atoms with Crippen molar-refractivity contribution in [3.8, 4) is 11.4 Å². The molecule has 5 rings (SSSR count). The number of nitrogens with zero attached hydrogens (tertiary/aromatic N) is 5. The zero-order valence-electron chi connectivity index (χ0n) is 17.1. The molecule has 3 aliphatic heterocycles. The van der Waals surface area contributed by atoms with Crippen LogP contribution in [-0.4, -0.2) is 68.0 Å². The SMILES string of the molecule is CCC[C@H]1CCC[C@H]2[C@@H]3C[C@@H](CN(C(=O)c4ccccc4-c4nn[nH]n4)C3)CN12. The number of carbonyl (C=O) groups excluding carboxylic acids is 1. The molecule has 1 N–H and O–H groups in total. The van der Waals surface area contributed by atoms with Gasteiger partial charge in [-0.1, -0.05) is 38.0 Å². The molecule has 29 heavy (non-hydrogen) atoms. The minimum absolute atomic E-state index is 0.106. The Bertz CT molecular complexity index is 851. The zero-order valence-corrected chi connectivity index (χ0v) is 17.1. The highest BCUT2D eigenvalue weighted by Gasteiger charge is 2.45. The number of hydrogen-bond acceptors (Lipinski definition) is 5.